The number of morpholine rings is 1. The highest BCUT2D eigenvalue weighted by Crippen LogP contribution is 2.26. The highest BCUT2D eigenvalue weighted by atomic mass is 32.2. The van der Waals surface area contributed by atoms with Gasteiger partial charge in [-0.2, -0.15) is 0 Å². The Morgan fingerprint density at radius 1 is 1.09 bits per heavy atom. The van der Waals surface area contributed by atoms with Crippen molar-refractivity contribution in [1.29, 1.82) is 0 Å². The normalized spacial score (nSPS) is 18.4. The summed E-state index contributed by atoms with van der Waals surface area (Å²) in [6.45, 7) is 5.42. The standard InChI is InChI=1S/C22H31N9O3S/c1-35(32,33)31-4-2-16(3-5-31)10-24-13-18-14-30-15-19(17-11-25-22(23)26-12-17)28-21(20(30)27-18)29-6-8-34-9-7-29/h11-12,14-16,24H,2-10,13H2,1H3,(H2,23,25,26). The number of piperidine rings is 1. The van der Waals surface area contributed by atoms with Gasteiger partial charge in [-0.1, -0.05) is 0 Å². The first kappa shape index (κ1) is 23.9. The topological polar surface area (TPSA) is 144 Å². The fourth-order valence-corrected chi connectivity index (χ4v) is 5.44. The van der Waals surface area contributed by atoms with Crippen LogP contribution in [0.3, 0.4) is 0 Å². The number of aromatic nitrogens is 5. The maximum atomic E-state index is 11.7. The second kappa shape index (κ2) is 10.0. The molecule has 0 bridgehead atoms. The van der Waals surface area contributed by atoms with Gasteiger partial charge in [-0.3, -0.25) is 0 Å². The van der Waals surface area contributed by atoms with Crippen LogP contribution in [0, 0.1) is 5.92 Å². The van der Waals surface area contributed by atoms with Gasteiger partial charge in [0.1, 0.15) is 0 Å². The lowest BCUT2D eigenvalue weighted by atomic mass is 9.98. The highest BCUT2D eigenvalue weighted by Gasteiger charge is 2.25. The molecule has 2 saturated heterocycles. The molecule has 0 aliphatic carbocycles. The largest absolute Gasteiger partial charge is 0.378 e. The Bertz CT molecular complexity index is 1270. The van der Waals surface area contributed by atoms with Crippen LogP contribution in [-0.2, 0) is 21.3 Å². The van der Waals surface area contributed by atoms with Gasteiger partial charge in [-0.15, -0.1) is 0 Å². The van der Waals surface area contributed by atoms with Gasteiger partial charge < -0.3 is 25.1 Å². The molecular formula is C22H31N9O3S. The number of nitrogen functional groups attached to an aromatic ring is 1. The summed E-state index contributed by atoms with van der Waals surface area (Å²) < 4.78 is 32.5. The van der Waals surface area contributed by atoms with Gasteiger partial charge >= 0.3 is 0 Å². The van der Waals surface area contributed by atoms with Gasteiger partial charge in [-0.25, -0.2) is 32.7 Å². The Balaban J connectivity index is 1.32. The lowest BCUT2D eigenvalue weighted by Gasteiger charge is -2.30. The number of nitrogens with one attached hydrogen (secondary N) is 1. The fraction of sp³-hybridized carbons (Fsp3) is 0.545. The first-order valence-corrected chi connectivity index (χ1v) is 13.7. The van der Waals surface area contributed by atoms with Crippen LogP contribution < -0.4 is 16.0 Å². The van der Waals surface area contributed by atoms with Gasteiger partial charge in [0.05, 0.1) is 30.9 Å². The van der Waals surface area contributed by atoms with Crippen molar-refractivity contribution in [3.05, 3.63) is 30.5 Å². The monoisotopic (exact) mass is 501 g/mol. The summed E-state index contributed by atoms with van der Waals surface area (Å²) in [5.74, 6) is 1.48. The summed E-state index contributed by atoms with van der Waals surface area (Å²) in [7, 11) is -3.10. The maximum Gasteiger partial charge on any atom is 0.219 e. The van der Waals surface area contributed by atoms with E-state index >= 15 is 0 Å². The third-order valence-electron chi connectivity index (χ3n) is 6.53. The molecule has 2 aliphatic rings. The zero-order chi connectivity index (χ0) is 24.4. The molecule has 12 nitrogen and oxygen atoms in total. The molecule has 0 radical (unpaired) electrons. The minimum Gasteiger partial charge on any atom is -0.378 e. The van der Waals surface area contributed by atoms with Gasteiger partial charge in [0.15, 0.2) is 11.5 Å². The van der Waals surface area contributed by atoms with E-state index in [-0.39, 0.29) is 5.95 Å². The van der Waals surface area contributed by atoms with Gasteiger partial charge in [0.25, 0.3) is 0 Å². The van der Waals surface area contributed by atoms with Crippen molar-refractivity contribution in [1.82, 2.24) is 34.0 Å². The lowest BCUT2D eigenvalue weighted by Crippen LogP contribution is -2.40. The molecule has 3 aromatic rings. The average molecular weight is 502 g/mol. The molecule has 13 heteroatoms. The molecular weight excluding hydrogens is 470 g/mol. The Morgan fingerprint density at radius 3 is 2.49 bits per heavy atom. The van der Waals surface area contributed by atoms with Crippen molar-refractivity contribution in [3.63, 3.8) is 0 Å². The molecule has 0 amide bonds. The number of ether oxygens (including phenoxy) is 1. The number of sulfonamides is 1. The summed E-state index contributed by atoms with van der Waals surface area (Å²) in [6, 6.07) is 0. The van der Waals surface area contributed by atoms with Crippen molar-refractivity contribution in [2.24, 2.45) is 5.92 Å². The molecule has 0 aromatic carbocycles. The fourth-order valence-electron chi connectivity index (χ4n) is 4.56. The van der Waals surface area contributed by atoms with Crippen LogP contribution in [0.1, 0.15) is 18.5 Å². The van der Waals surface area contributed by atoms with E-state index in [1.807, 2.05) is 16.8 Å². The van der Waals surface area contributed by atoms with E-state index in [1.165, 1.54) is 6.26 Å². The number of rotatable bonds is 7. The Kier molecular flexibility index (Phi) is 6.82. The van der Waals surface area contributed by atoms with Crippen molar-refractivity contribution < 1.29 is 13.2 Å². The number of nitrogens with two attached hydrogens (primary N) is 1. The maximum absolute atomic E-state index is 11.7. The van der Waals surface area contributed by atoms with E-state index in [4.69, 9.17) is 20.4 Å². The van der Waals surface area contributed by atoms with E-state index in [1.54, 1.807) is 16.7 Å². The highest BCUT2D eigenvalue weighted by molar-refractivity contribution is 7.88. The summed E-state index contributed by atoms with van der Waals surface area (Å²) >= 11 is 0. The Morgan fingerprint density at radius 2 is 1.80 bits per heavy atom. The predicted octanol–water partition coefficient (Wildman–Crippen LogP) is 0.366. The first-order chi connectivity index (χ1) is 16.9. The molecule has 2 aliphatic heterocycles. The molecule has 5 rings (SSSR count). The molecule has 0 saturated carbocycles. The van der Waals surface area contributed by atoms with Gasteiger partial charge in [-0.05, 0) is 25.3 Å². The number of nitrogens with zero attached hydrogens (tertiary/aromatic N) is 7. The summed E-state index contributed by atoms with van der Waals surface area (Å²) in [6.07, 6.45) is 10.3. The molecule has 0 unspecified atom stereocenters. The van der Waals surface area contributed by atoms with Crippen molar-refractivity contribution in [2.75, 3.05) is 62.8 Å². The van der Waals surface area contributed by atoms with Gasteiger partial charge in [0, 0.05) is 63.1 Å². The molecule has 188 valence electrons. The molecule has 3 aromatic heterocycles. The quantitative estimate of drug-likeness (QED) is 0.466. The zero-order valence-electron chi connectivity index (χ0n) is 19.8. The van der Waals surface area contributed by atoms with Crippen LogP contribution in [-0.4, -0.2) is 89.3 Å². The van der Waals surface area contributed by atoms with E-state index in [9.17, 15) is 8.42 Å². The van der Waals surface area contributed by atoms with Crippen molar-refractivity contribution >= 4 is 27.4 Å². The van der Waals surface area contributed by atoms with Crippen LogP contribution in [0.25, 0.3) is 16.9 Å². The SMILES string of the molecule is CS(=O)(=O)N1CCC(CNCc2cn3cc(-c4cnc(N)nc4)nc(N4CCOCC4)c3n2)CC1. The summed E-state index contributed by atoms with van der Waals surface area (Å²) in [5.41, 5.74) is 8.90. The molecule has 3 N–H and O–H groups in total. The third kappa shape index (κ3) is 5.53. The minimum atomic E-state index is -3.10. The number of hydrogen-bond acceptors (Lipinski definition) is 10. The van der Waals surface area contributed by atoms with Crippen LogP contribution in [0.4, 0.5) is 11.8 Å². The molecule has 5 heterocycles. The average Bonchev–Trinajstić information content (AvgIpc) is 3.27. The molecule has 35 heavy (non-hydrogen) atoms. The Hall–Kier alpha value is -2.87. The van der Waals surface area contributed by atoms with Crippen molar-refractivity contribution in [2.45, 2.75) is 19.4 Å². The number of anilines is 2. The minimum absolute atomic E-state index is 0.223. The van der Waals surface area contributed by atoms with E-state index in [2.05, 4.69) is 20.2 Å². The van der Waals surface area contributed by atoms with Crippen LogP contribution in [0.2, 0.25) is 0 Å². The van der Waals surface area contributed by atoms with Crippen molar-refractivity contribution in [3.8, 4) is 11.3 Å². The smallest absolute Gasteiger partial charge is 0.219 e. The first-order valence-electron chi connectivity index (χ1n) is 11.8. The lowest BCUT2D eigenvalue weighted by molar-refractivity contribution is 0.122. The van der Waals surface area contributed by atoms with E-state index in [0.717, 1.165) is 60.9 Å². The number of hydrogen-bond donors (Lipinski definition) is 2. The second-order valence-electron chi connectivity index (χ2n) is 9.08. The summed E-state index contributed by atoms with van der Waals surface area (Å²) in [5, 5.41) is 3.51. The molecule has 0 spiro atoms. The zero-order valence-corrected chi connectivity index (χ0v) is 20.6. The Labute approximate surface area is 204 Å². The van der Waals surface area contributed by atoms with E-state index < -0.39 is 10.0 Å². The molecule has 0 atom stereocenters. The van der Waals surface area contributed by atoms with Crippen LogP contribution >= 0.6 is 0 Å². The predicted molar refractivity (Wildman–Crippen MR) is 132 cm³/mol. The second-order valence-corrected chi connectivity index (χ2v) is 11.1. The number of imidazole rings is 1. The molecule has 2 fully saturated rings. The van der Waals surface area contributed by atoms with Gasteiger partial charge in [0.2, 0.25) is 16.0 Å². The number of fused-ring (bicyclic) bond motifs is 1. The summed E-state index contributed by atoms with van der Waals surface area (Å²) in [4.78, 5) is 20.2. The van der Waals surface area contributed by atoms with E-state index in [0.29, 0.717) is 38.8 Å². The van der Waals surface area contributed by atoms with Crippen LogP contribution in [0.15, 0.2) is 24.8 Å². The van der Waals surface area contributed by atoms with Crippen LogP contribution in [0.5, 0.6) is 0 Å². The third-order valence-corrected chi connectivity index (χ3v) is 7.83.